The Balaban J connectivity index is 1.40. The molecule has 0 atom stereocenters. The third-order valence-electron chi connectivity index (χ3n) is 11.6. The summed E-state index contributed by atoms with van der Waals surface area (Å²) in [7, 11) is 0. The smallest absolute Gasteiger partial charge is 0.164 e. The van der Waals surface area contributed by atoms with Gasteiger partial charge in [-0.1, -0.05) is 211 Å². The van der Waals surface area contributed by atoms with Gasteiger partial charge in [0, 0.05) is 39.1 Å². The normalized spacial score (nSPS) is 11.7. The highest BCUT2D eigenvalue weighted by Crippen LogP contribution is 2.51. The Hall–Kier alpha value is -7.43. The van der Waals surface area contributed by atoms with Gasteiger partial charge in [-0.05, 0) is 75.0 Å². The topological polar surface area (TPSA) is 41.9 Å². The second-order valence-electron chi connectivity index (χ2n) is 18.2. The maximum Gasteiger partial charge on any atom is 0.164 e. The molecule has 9 aromatic rings. The minimum Gasteiger partial charge on any atom is -0.309 e. The predicted molar refractivity (Wildman–Crippen MR) is 265 cm³/mol. The van der Waals surface area contributed by atoms with Crippen molar-refractivity contribution in [1.29, 1.82) is 0 Å². The number of rotatable bonds is 9. The van der Waals surface area contributed by atoms with E-state index in [0.717, 1.165) is 67.1 Å². The molecule has 0 amide bonds. The monoisotopic (exact) mass is 816 g/mol. The van der Waals surface area contributed by atoms with E-state index >= 15 is 0 Å². The second kappa shape index (κ2) is 17.1. The zero-order valence-corrected chi connectivity index (χ0v) is 36.9. The SMILES string of the molecule is CC(C)(C)c1ccc(N(c2ccc(C(C)(C)C)cc2-c2ccccc2)c2c(-c3ccccc3)cc(-c3nc(-c4ccccc4)nc(-c4ccccc4)n3)cc2-c2ccccc2)cc1. The van der Waals surface area contributed by atoms with Crippen LogP contribution in [0.3, 0.4) is 0 Å². The van der Waals surface area contributed by atoms with Crippen molar-refractivity contribution in [2.24, 2.45) is 0 Å². The van der Waals surface area contributed by atoms with Crippen molar-refractivity contribution in [3.63, 3.8) is 0 Å². The fourth-order valence-corrected chi connectivity index (χ4v) is 8.16. The third kappa shape index (κ3) is 8.71. The first kappa shape index (κ1) is 40.9. The van der Waals surface area contributed by atoms with Crippen molar-refractivity contribution in [2.45, 2.75) is 52.4 Å². The summed E-state index contributed by atoms with van der Waals surface area (Å²) in [6.45, 7) is 13.7. The summed E-state index contributed by atoms with van der Waals surface area (Å²) < 4.78 is 0. The lowest BCUT2D eigenvalue weighted by Crippen LogP contribution is -2.17. The van der Waals surface area contributed by atoms with Gasteiger partial charge in [0.25, 0.3) is 0 Å². The first-order chi connectivity index (χ1) is 30.5. The number of nitrogens with zero attached hydrogens (tertiary/aromatic N) is 4. The van der Waals surface area contributed by atoms with Crippen molar-refractivity contribution in [3.8, 4) is 67.5 Å². The molecule has 63 heavy (non-hydrogen) atoms. The molecule has 0 saturated carbocycles. The molecule has 0 aliphatic heterocycles. The van der Waals surface area contributed by atoms with Crippen molar-refractivity contribution in [2.75, 3.05) is 4.90 Å². The van der Waals surface area contributed by atoms with Crippen LogP contribution in [-0.2, 0) is 10.8 Å². The van der Waals surface area contributed by atoms with E-state index in [-0.39, 0.29) is 10.8 Å². The van der Waals surface area contributed by atoms with E-state index < -0.39 is 0 Å². The Morgan fingerprint density at radius 1 is 0.317 bits per heavy atom. The molecule has 9 rings (SSSR count). The zero-order chi connectivity index (χ0) is 43.6. The van der Waals surface area contributed by atoms with Gasteiger partial charge >= 0.3 is 0 Å². The van der Waals surface area contributed by atoms with E-state index in [9.17, 15) is 0 Å². The molecule has 0 unspecified atom stereocenters. The van der Waals surface area contributed by atoms with Gasteiger partial charge < -0.3 is 4.90 Å². The molecule has 4 nitrogen and oxygen atoms in total. The quantitative estimate of drug-likeness (QED) is 0.146. The van der Waals surface area contributed by atoms with E-state index in [1.165, 1.54) is 11.1 Å². The average molecular weight is 817 g/mol. The van der Waals surface area contributed by atoms with Gasteiger partial charge in [0.2, 0.25) is 0 Å². The highest BCUT2D eigenvalue weighted by atomic mass is 15.2. The molecule has 0 fully saturated rings. The number of hydrogen-bond acceptors (Lipinski definition) is 4. The molecule has 0 N–H and O–H groups in total. The molecular formula is C59H52N4. The highest BCUT2D eigenvalue weighted by molar-refractivity contribution is 6.02. The number of anilines is 3. The second-order valence-corrected chi connectivity index (χ2v) is 18.2. The molecule has 308 valence electrons. The summed E-state index contributed by atoms with van der Waals surface area (Å²) in [5.74, 6) is 1.85. The minimum atomic E-state index is -0.0605. The summed E-state index contributed by atoms with van der Waals surface area (Å²) in [4.78, 5) is 18.0. The standard InChI is InChI=1S/C59H52N4/c1-58(2,3)47-32-35-49(36-33-47)63(53-37-34-48(59(4,5)6)40-50(53)41-22-12-7-13-23-41)54-51(42-24-14-8-15-25-42)38-46(39-52(54)43-26-16-9-17-27-43)57-61-55(44-28-18-10-19-29-44)60-56(62-57)45-30-20-11-21-31-45/h7-40H,1-6H3. The molecule has 0 saturated heterocycles. The summed E-state index contributed by atoms with van der Waals surface area (Å²) in [6.07, 6.45) is 0. The van der Waals surface area contributed by atoms with Crippen LogP contribution in [0.4, 0.5) is 17.1 Å². The van der Waals surface area contributed by atoms with Crippen LogP contribution in [-0.4, -0.2) is 15.0 Å². The Bertz CT molecular complexity index is 2850. The first-order valence-corrected chi connectivity index (χ1v) is 21.8. The van der Waals surface area contributed by atoms with Gasteiger partial charge in [0.15, 0.2) is 17.5 Å². The molecule has 0 spiro atoms. The van der Waals surface area contributed by atoms with Crippen LogP contribution in [0.15, 0.2) is 206 Å². The molecule has 1 aromatic heterocycles. The van der Waals surface area contributed by atoms with E-state index in [1.54, 1.807) is 0 Å². The van der Waals surface area contributed by atoms with Crippen molar-refractivity contribution >= 4 is 17.1 Å². The van der Waals surface area contributed by atoms with Gasteiger partial charge in [-0.2, -0.15) is 0 Å². The lowest BCUT2D eigenvalue weighted by molar-refractivity contribution is 0.590. The maximum atomic E-state index is 5.24. The predicted octanol–water partition coefficient (Wildman–Crippen LogP) is 15.9. The van der Waals surface area contributed by atoms with Crippen molar-refractivity contribution in [1.82, 2.24) is 15.0 Å². The van der Waals surface area contributed by atoms with E-state index in [4.69, 9.17) is 15.0 Å². The molecule has 1 heterocycles. The zero-order valence-electron chi connectivity index (χ0n) is 36.9. The van der Waals surface area contributed by atoms with E-state index in [1.807, 2.05) is 36.4 Å². The fourth-order valence-electron chi connectivity index (χ4n) is 8.16. The molecule has 8 aromatic carbocycles. The van der Waals surface area contributed by atoms with Crippen LogP contribution in [0, 0.1) is 0 Å². The number of benzene rings is 8. The summed E-state index contributed by atoms with van der Waals surface area (Å²) in [5, 5.41) is 0. The lowest BCUT2D eigenvalue weighted by Gasteiger charge is -2.34. The molecule has 0 aliphatic carbocycles. The highest BCUT2D eigenvalue weighted by Gasteiger charge is 2.28. The minimum absolute atomic E-state index is 0.0132. The Morgan fingerprint density at radius 2 is 0.667 bits per heavy atom. The van der Waals surface area contributed by atoms with Crippen LogP contribution in [0.25, 0.3) is 67.5 Å². The Kier molecular flexibility index (Phi) is 11.1. The molecular weight excluding hydrogens is 765 g/mol. The van der Waals surface area contributed by atoms with Gasteiger partial charge in [-0.3, -0.25) is 0 Å². The number of aromatic nitrogens is 3. The van der Waals surface area contributed by atoms with Crippen LogP contribution >= 0.6 is 0 Å². The van der Waals surface area contributed by atoms with Crippen LogP contribution in [0.2, 0.25) is 0 Å². The third-order valence-corrected chi connectivity index (χ3v) is 11.6. The van der Waals surface area contributed by atoms with Gasteiger partial charge in [0.1, 0.15) is 0 Å². The van der Waals surface area contributed by atoms with Crippen LogP contribution in [0.1, 0.15) is 52.7 Å². The lowest BCUT2D eigenvalue weighted by atomic mass is 9.84. The fraction of sp³-hybridized carbons (Fsp3) is 0.136. The van der Waals surface area contributed by atoms with Crippen LogP contribution in [0.5, 0.6) is 0 Å². The molecule has 4 heteroatoms. The van der Waals surface area contributed by atoms with Gasteiger partial charge in [-0.25, -0.2) is 15.0 Å². The summed E-state index contributed by atoms with van der Waals surface area (Å²) >= 11 is 0. The summed E-state index contributed by atoms with van der Waals surface area (Å²) in [5.41, 5.74) is 15.0. The average Bonchev–Trinajstić information content (AvgIpc) is 3.32. The maximum absolute atomic E-state index is 5.24. The number of hydrogen-bond donors (Lipinski definition) is 0. The van der Waals surface area contributed by atoms with E-state index in [2.05, 4.69) is 216 Å². The van der Waals surface area contributed by atoms with Crippen molar-refractivity contribution < 1.29 is 0 Å². The van der Waals surface area contributed by atoms with Gasteiger partial charge in [-0.15, -0.1) is 0 Å². The molecule has 0 radical (unpaired) electrons. The molecule has 0 bridgehead atoms. The Morgan fingerprint density at radius 3 is 1.06 bits per heavy atom. The van der Waals surface area contributed by atoms with Crippen LogP contribution < -0.4 is 4.90 Å². The first-order valence-electron chi connectivity index (χ1n) is 21.8. The molecule has 0 aliphatic rings. The summed E-state index contributed by atoms with van der Waals surface area (Å²) in [6, 6.07) is 73.3. The van der Waals surface area contributed by atoms with Gasteiger partial charge in [0.05, 0.1) is 11.4 Å². The Labute approximate surface area is 372 Å². The van der Waals surface area contributed by atoms with Crippen molar-refractivity contribution in [3.05, 3.63) is 217 Å². The van der Waals surface area contributed by atoms with E-state index in [0.29, 0.717) is 17.5 Å². The largest absolute Gasteiger partial charge is 0.309 e.